The van der Waals surface area contributed by atoms with Gasteiger partial charge >= 0.3 is 0 Å². The molecule has 0 spiro atoms. The van der Waals surface area contributed by atoms with Gasteiger partial charge in [-0.05, 0) is 36.6 Å². The van der Waals surface area contributed by atoms with Crippen LogP contribution >= 0.6 is 23.2 Å². The first kappa shape index (κ1) is 11.4. The first-order chi connectivity index (χ1) is 6.65. The van der Waals surface area contributed by atoms with Gasteiger partial charge in [-0.1, -0.05) is 23.8 Å². The summed E-state index contributed by atoms with van der Waals surface area (Å²) in [7, 11) is 0. The maximum absolute atomic E-state index is 5.95. The molecule has 0 aliphatic heterocycles. The van der Waals surface area contributed by atoms with Crippen molar-refractivity contribution in [2.75, 3.05) is 11.6 Å². The highest BCUT2D eigenvalue weighted by molar-refractivity contribution is 6.33. The van der Waals surface area contributed by atoms with Crippen molar-refractivity contribution >= 4 is 35.0 Å². The Morgan fingerprint density at radius 1 is 1.43 bits per heavy atom. The highest BCUT2D eigenvalue weighted by Gasteiger charge is 2.00. The van der Waals surface area contributed by atoms with Gasteiger partial charge in [0.15, 0.2) is 0 Å². The Bertz CT molecular complexity index is 322. The minimum atomic E-state index is 0.607. The highest BCUT2D eigenvalue weighted by Crippen LogP contribution is 2.24. The molecule has 1 rings (SSSR count). The molecule has 0 heterocycles. The molecule has 0 aliphatic rings. The van der Waals surface area contributed by atoms with E-state index in [0.29, 0.717) is 16.6 Å². The number of nitrogens with two attached hydrogens (primary N) is 1. The Hall–Kier alpha value is -0.660. The molecule has 1 aromatic carbocycles. The third-order valence-corrected chi connectivity index (χ3v) is 2.48. The zero-order valence-corrected chi connectivity index (χ0v) is 9.57. The van der Waals surface area contributed by atoms with E-state index in [1.807, 2.05) is 31.2 Å². The predicted octanol–water partition coefficient (Wildman–Crippen LogP) is 3.87. The smallest absolute Gasteiger partial charge is 0.0644 e. The summed E-state index contributed by atoms with van der Waals surface area (Å²) in [6.45, 7) is 1.94. The lowest BCUT2D eigenvalue weighted by atomic mass is 10.1. The Labute approximate surface area is 94.5 Å². The van der Waals surface area contributed by atoms with Crippen LogP contribution in [0, 0.1) is 6.92 Å². The number of hydrogen-bond donors (Lipinski definition) is 1. The van der Waals surface area contributed by atoms with Gasteiger partial charge in [-0.3, -0.25) is 0 Å². The second-order valence-corrected chi connectivity index (χ2v) is 3.90. The zero-order chi connectivity index (χ0) is 10.6. The SMILES string of the molecule is Cc1cc(C=CCCCl)cc(Cl)c1N. The lowest BCUT2D eigenvalue weighted by molar-refractivity contribution is 1.24. The van der Waals surface area contributed by atoms with E-state index in [2.05, 4.69) is 0 Å². The second kappa shape index (κ2) is 5.28. The van der Waals surface area contributed by atoms with Crippen LogP contribution in [0.2, 0.25) is 5.02 Å². The van der Waals surface area contributed by atoms with Crippen LogP contribution < -0.4 is 5.73 Å². The number of alkyl halides is 1. The Morgan fingerprint density at radius 2 is 2.14 bits per heavy atom. The molecule has 0 fully saturated rings. The molecule has 76 valence electrons. The third kappa shape index (κ3) is 2.93. The van der Waals surface area contributed by atoms with Gasteiger partial charge in [0, 0.05) is 5.88 Å². The third-order valence-electron chi connectivity index (χ3n) is 1.94. The molecule has 0 radical (unpaired) electrons. The monoisotopic (exact) mass is 229 g/mol. The number of rotatable bonds is 3. The van der Waals surface area contributed by atoms with Crippen molar-refractivity contribution in [2.24, 2.45) is 0 Å². The van der Waals surface area contributed by atoms with E-state index in [9.17, 15) is 0 Å². The van der Waals surface area contributed by atoms with Gasteiger partial charge in [-0.15, -0.1) is 11.6 Å². The fourth-order valence-electron chi connectivity index (χ4n) is 1.16. The van der Waals surface area contributed by atoms with Crippen molar-refractivity contribution in [3.63, 3.8) is 0 Å². The number of aryl methyl sites for hydroxylation is 1. The lowest BCUT2D eigenvalue weighted by Gasteiger charge is -2.04. The van der Waals surface area contributed by atoms with Gasteiger partial charge in [0.2, 0.25) is 0 Å². The van der Waals surface area contributed by atoms with Gasteiger partial charge in [0.05, 0.1) is 10.7 Å². The number of halogens is 2. The van der Waals surface area contributed by atoms with Crippen molar-refractivity contribution in [1.82, 2.24) is 0 Å². The van der Waals surface area contributed by atoms with Crippen LogP contribution in [0.4, 0.5) is 5.69 Å². The van der Waals surface area contributed by atoms with Crippen molar-refractivity contribution in [2.45, 2.75) is 13.3 Å². The van der Waals surface area contributed by atoms with Gasteiger partial charge in [-0.25, -0.2) is 0 Å². The molecule has 0 aliphatic carbocycles. The van der Waals surface area contributed by atoms with E-state index in [-0.39, 0.29) is 0 Å². The summed E-state index contributed by atoms with van der Waals surface area (Å²) in [4.78, 5) is 0. The van der Waals surface area contributed by atoms with Gasteiger partial charge in [0.1, 0.15) is 0 Å². The van der Waals surface area contributed by atoms with Gasteiger partial charge < -0.3 is 5.73 Å². The van der Waals surface area contributed by atoms with Crippen LogP contribution in [0.3, 0.4) is 0 Å². The summed E-state index contributed by atoms with van der Waals surface area (Å²) >= 11 is 11.5. The average molecular weight is 230 g/mol. The largest absolute Gasteiger partial charge is 0.397 e. The van der Waals surface area contributed by atoms with Crippen LogP contribution in [0.5, 0.6) is 0 Å². The predicted molar refractivity (Wildman–Crippen MR) is 65.0 cm³/mol. The minimum Gasteiger partial charge on any atom is -0.397 e. The number of hydrogen-bond acceptors (Lipinski definition) is 1. The molecule has 1 aromatic rings. The molecule has 0 atom stereocenters. The quantitative estimate of drug-likeness (QED) is 0.619. The molecule has 0 bridgehead atoms. The summed E-state index contributed by atoms with van der Waals surface area (Å²) in [5.74, 6) is 0.637. The Morgan fingerprint density at radius 3 is 2.71 bits per heavy atom. The molecule has 2 N–H and O–H groups in total. The maximum Gasteiger partial charge on any atom is 0.0644 e. The molecule has 0 saturated carbocycles. The fraction of sp³-hybridized carbons (Fsp3) is 0.273. The van der Waals surface area contributed by atoms with Crippen molar-refractivity contribution in [1.29, 1.82) is 0 Å². The number of nitrogen functional groups attached to an aromatic ring is 1. The molecule has 0 unspecified atom stereocenters. The molecule has 14 heavy (non-hydrogen) atoms. The van der Waals surface area contributed by atoms with Crippen molar-refractivity contribution in [3.05, 3.63) is 34.4 Å². The number of anilines is 1. The van der Waals surface area contributed by atoms with Gasteiger partial charge in [-0.2, -0.15) is 0 Å². The minimum absolute atomic E-state index is 0.607. The highest BCUT2D eigenvalue weighted by atomic mass is 35.5. The summed E-state index contributed by atoms with van der Waals surface area (Å²) in [6, 6.07) is 3.86. The van der Waals surface area contributed by atoms with Crippen molar-refractivity contribution < 1.29 is 0 Å². The topological polar surface area (TPSA) is 26.0 Å². The van der Waals surface area contributed by atoms with Crippen LogP contribution in [0.25, 0.3) is 6.08 Å². The lowest BCUT2D eigenvalue weighted by Crippen LogP contribution is -1.91. The van der Waals surface area contributed by atoms with E-state index in [1.165, 1.54) is 0 Å². The number of benzene rings is 1. The summed E-state index contributed by atoms with van der Waals surface area (Å²) in [5.41, 5.74) is 8.45. The van der Waals surface area contributed by atoms with E-state index in [0.717, 1.165) is 17.5 Å². The maximum atomic E-state index is 5.95. The molecule has 0 aromatic heterocycles. The molecule has 0 amide bonds. The van der Waals surface area contributed by atoms with Gasteiger partial charge in [0.25, 0.3) is 0 Å². The average Bonchev–Trinajstić information content (AvgIpc) is 2.14. The second-order valence-electron chi connectivity index (χ2n) is 3.11. The van der Waals surface area contributed by atoms with Crippen molar-refractivity contribution in [3.8, 4) is 0 Å². The van der Waals surface area contributed by atoms with Crippen LogP contribution in [-0.4, -0.2) is 5.88 Å². The summed E-state index contributed by atoms with van der Waals surface area (Å²) in [6.07, 6.45) is 4.89. The summed E-state index contributed by atoms with van der Waals surface area (Å²) in [5, 5.41) is 0.607. The molecule has 1 nitrogen and oxygen atoms in total. The Kier molecular flexibility index (Phi) is 4.30. The Balaban J connectivity index is 2.89. The first-order valence-electron chi connectivity index (χ1n) is 4.43. The molecular weight excluding hydrogens is 217 g/mol. The first-order valence-corrected chi connectivity index (χ1v) is 5.34. The molecule has 3 heteroatoms. The van der Waals surface area contributed by atoms with E-state index in [1.54, 1.807) is 0 Å². The zero-order valence-electron chi connectivity index (χ0n) is 8.06. The van der Waals surface area contributed by atoms with Crippen LogP contribution in [0.1, 0.15) is 17.5 Å². The van der Waals surface area contributed by atoms with E-state index in [4.69, 9.17) is 28.9 Å². The normalized spacial score (nSPS) is 11.1. The number of allylic oxidation sites excluding steroid dienone is 1. The van der Waals surface area contributed by atoms with Crippen LogP contribution in [-0.2, 0) is 0 Å². The molecular formula is C11H13Cl2N. The van der Waals surface area contributed by atoms with E-state index >= 15 is 0 Å². The van der Waals surface area contributed by atoms with E-state index < -0.39 is 0 Å². The van der Waals surface area contributed by atoms with Crippen LogP contribution in [0.15, 0.2) is 18.2 Å². The fourth-order valence-corrected chi connectivity index (χ4v) is 1.56. The molecule has 0 saturated heterocycles. The summed E-state index contributed by atoms with van der Waals surface area (Å²) < 4.78 is 0. The standard InChI is InChI=1S/C11H13Cl2N/c1-8-6-9(4-2-3-5-12)7-10(13)11(8)14/h2,4,6-7H,3,5,14H2,1H3.